The van der Waals surface area contributed by atoms with Crippen molar-refractivity contribution in [2.45, 2.75) is 26.8 Å². The number of carbonyl (C=O) groups excluding carboxylic acids is 1. The SMILES string of the molecule is COc1cc(NC(CN(C(=O)Oc2c(C)cc(C)cc2C)c2ccncn2)c2ccccn2)ccc1OCCN1CCN(C)CC1. The molecule has 1 fully saturated rings. The summed E-state index contributed by atoms with van der Waals surface area (Å²) in [6.07, 6.45) is 4.18. The molecular weight excluding hydrogens is 582 g/mol. The fourth-order valence-electron chi connectivity index (χ4n) is 5.59. The number of anilines is 2. The van der Waals surface area contributed by atoms with Gasteiger partial charge in [0.05, 0.1) is 25.4 Å². The Labute approximate surface area is 271 Å². The molecule has 11 nitrogen and oxygen atoms in total. The molecule has 0 saturated carbocycles. The highest BCUT2D eigenvalue weighted by atomic mass is 16.6. The Balaban J connectivity index is 1.36. The van der Waals surface area contributed by atoms with Crippen molar-refractivity contribution in [3.63, 3.8) is 0 Å². The van der Waals surface area contributed by atoms with Crippen LogP contribution in [0.15, 0.2) is 73.3 Å². The second kappa shape index (κ2) is 15.5. The molecule has 0 radical (unpaired) electrons. The zero-order valence-corrected chi connectivity index (χ0v) is 27.3. The van der Waals surface area contributed by atoms with Crippen molar-refractivity contribution in [1.29, 1.82) is 0 Å². The Bertz CT molecular complexity index is 1560. The summed E-state index contributed by atoms with van der Waals surface area (Å²) in [5.41, 5.74) is 4.38. The molecule has 1 atom stereocenters. The topological polar surface area (TPSA) is 105 Å². The molecule has 2 aromatic carbocycles. The number of piperazine rings is 1. The number of pyridine rings is 1. The summed E-state index contributed by atoms with van der Waals surface area (Å²) in [7, 11) is 3.78. The van der Waals surface area contributed by atoms with E-state index >= 15 is 0 Å². The molecule has 1 saturated heterocycles. The summed E-state index contributed by atoms with van der Waals surface area (Å²) in [4.78, 5) is 33.1. The Kier molecular flexibility index (Phi) is 11.0. The van der Waals surface area contributed by atoms with Gasteiger partial charge < -0.3 is 24.4 Å². The highest BCUT2D eigenvalue weighted by Crippen LogP contribution is 2.33. The maximum absolute atomic E-state index is 13.9. The van der Waals surface area contributed by atoms with Gasteiger partial charge in [0.25, 0.3) is 0 Å². The summed E-state index contributed by atoms with van der Waals surface area (Å²) in [5.74, 6) is 2.23. The first-order valence-electron chi connectivity index (χ1n) is 15.5. The molecule has 11 heteroatoms. The third-order valence-electron chi connectivity index (χ3n) is 8.03. The molecule has 0 bridgehead atoms. The number of benzene rings is 2. The minimum atomic E-state index is -0.557. The Morgan fingerprint density at radius 3 is 2.41 bits per heavy atom. The van der Waals surface area contributed by atoms with E-state index < -0.39 is 12.1 Å². The standard InChI is InChI=1S/C35H43N7O4/c1-25-20-26(2)34(27(3)21-25)46-35(43)42(33-11-13-36-24-38-33)23-30(29-8-6-7-12-37-29)39-28-9-10-31(32(22-28)44-5)45-19-18-41-16-14-40(4)15-17-41/h6-13,20-22,24,30,39H,14-19,23H2,1-5H3. The van der Waals surface area contributed by atoms with Crippen molar-refractivity contribution in [3.8, 4) is 17.2 Å². The number of hydrogen-bond acceptors (Lipinski definition) is 10. The van der Waals surface area contributed by atoms with Gasteiger partial charge in [-0.05, 0) is 69.3 Å². The molecule has 1 unspecified atom stereocenters. The zero-order chi connectivity index (χ0) is 32.5. The number of ether oxygens (including phenoxy) is 3. The summed E-state index contributed by atoms with van der Waals surface area (Å²) in [5, 5.41) is 3.55. The molecule has 0 spiro atoms. The maximum atomic E-state index is 13.9. The Hall–Kier alpha value is -4.74. The van der Waals surface area contributed by atoms with E-state index in [1.54, 1.807) is 25.6 Å². The fourth-order valence-corrected chi connectivity index (χ4v) is 5.59. The van der Waals surface area contributed by atoms with Crippen molar-refractivity contribution < 1.29 is 19.0 Å². The molecule has 3 heterocycles. The Morgan fingerprint density at radius 1 is 0.957 bits per heavy atom. The van der Waals surface area contributed by atoms with Gasteiger partial charge in [-0.25, -0.2) is 14.8 Å². The minimum absolute atomic E-state index is 0.169. The van der Waals surface area contributed by atoms with Crippen molar-refractivity contribution in [2.24, 2.45) is 0 Å². The number of nitrogens with one attached hydrogen (secondary N) is 1. The highest BCUT2D eigenvalue weighted by molar-refractivity contribution is 5.88. The van der Waals surface area contributed by atoms with Gasteiger partial charge >= 0.3 is 6.09 Å². The van der Waals surface area contributed by atoms with Crippen molar-refractivity contribution in [2.75, 3.05) is 70.2 Å². The second-order valence-corrected chi connectivity index (χ2v) is 11.6. The lowest BCUT2D eigenvalue weighted by Crippen LogP contribution is -2.45. The van der Waals surface area contributed by atoms with Crippen molar-refractivity contribution in [1.82, 2.24) is 24.8 Å². The van der Waals surface area contributed by atoms with E-state index in [1.165, 1.54) is 11.2 Å². The number of likely N-dealkylation sites (N-methyl/N-ethyl adjacent to an activating group) is 1. The summed E-state index contributed by atoms with van der Waals surface area (Å²) < 4.78 is 17.9. The lowest BCUT2D eigenvalue weighted by Gasteiger charge is -2.32. The molecule has 1 N–H and O–H groups in total. The first kappa shape index (κ1) is 32.6. The third-order valence-corrected chi connectivity index (χ3v) is 8.03. The van der Waals surface area contributed by atoms with E-state index in [0.29, 0.717) is 29.7 Å². The van der Waals surface area contributed by atoms with Gasteiger partial charge in [-0.2, -0.15) is 0 Å². The van der Waals surface area contributed by atoms with Crippen LogP contribution in [-0.2, 0) is 0 Å². The number of carbonyl (C=O) groups is 1. The molecular formula is C35H43N7O4. The third kappa shape index (κ3) is 8.49. The Morgan fingerprint density at radius 2 is 1.74 bits per heavy atom. The van der Waals surface area contributed by atoms with Crippen molar-refractivity contribution >= 4 is 17.6 Å². The number of amides is 1. The van der Waals surface area contributed by atoms with Gasteiger partial charge in [0.1, 0.15) is 24.5 Å². The first-order chi connectivity index (χ1) is 22.3. The van der Waals surface area contributed by atoms with Crippen LogP contribution >= 0.6 is 0 Å². The number of nitrogens with zero attached hydrogens (tertiary/aromatic N) is 6. The lowest BCUT2D eigenvalue weighted by molar-refractivity contribution is 0.133. The average molecular weight is 626 g/mol. The van der Waals surface area contributed by atoms with Crippen LogP contribution < -0.4 is 24.4 Å². The van der Waals surface area contributed by atoms with Gasteiger partial charge in [0, 0.05) is 56.9 Å². The van der Waals surface area contributed by atoms with Crippen LogP contribution in [0.1, 0.15) is 28.4 Å². The van der Waals surface area contributed by atoms with Gasteiger partial charge in [0.2, 0.25) is 0 Å². The van der Waals surface area contributed by atoms with E-state index in [4.69, 9.17) is 14.2 Å². The summed E-state index contributed by atoms with van der Waals surface area (Å²) in [6, 6.07) is 16.7. The molecule has 1 aliphatic rings. The molecule has 1 aliphatic heterocycles. The number of rotatable bonds is 12. The van der Waals surface area contributed by atoms with Crippen LogP contribution in [0.5, 0.6) is 17.2 Å². The molecule has 242 valence electrons. The molecule has 4 aromatic rings. The van der Waals surface area contributed by atoms with Gasteiger partial charge in [-0.15, -0.1) is 0 Å². The molecule has 2 aromatic heterocycles. The van der Waals surface area contributed by atoms with E-state index in [1.807, 2.05) is 69.3 Å². The maximum Gasteiger partial charge on any atom is 0.421 e. The second-order valence-electron chi connectivity index (χ2n) is 11.6. The highest BCUT2D eigenvalue weighted by Gasteiger charge is 2.27. The van der Waals surface area contributed by atoms with Gasteiger partial charge in [0.15, 0.2) is 11.5 Å². The molecule has 46 heavy (non-hydrogen) atoms. The number of aryl methyl sites for hydroxylation is 3. The molecule has 5 rings (SSSR count). The minimum Gasteiger partial charge on any atom is -0.493 e. The predicted octanol–water partition coefficient (Wildman–Crippen LogP) is 5.29. The molecule has 1 amide bonds. The smallest absolute Gasteiger partial charge is 0.421 e. The monoisotopic (exact) mass is 625 g/mol. The van der Waals surface area contributed by atoms with Gasteiger partial charge in [-0.1, -0.05) is 23.8 Å². The van der Waals surface area contributed by atoms with E-state index in [-0.39, 0.29) is 6.54 Å². The van der Waals surface area contributed by atoms with E-state index in [9.17, 15) is 4.79 Å². The van der Waals surface area contributed by atoms with Crippen LogP contribution in [0, 0.1) is 20.8 Å². The fraction of sp³-hybridized carbons (Fsp3) is 0.371. The summed E-state index contributed by atoms with van der Waals surface area (Å²) >= 11 is 0. The van der Waals surface area contributed by atoms with Crippen LogP contribution in [0.2, 0.25) is 0 Å². The zero-order valence-electron chi connectivity index (χ0n) is 27.3. The summed E-state index contributed by atoms with van der Waals surface area (Å²) in [6.45, 7) is 11.7. The largest absolute Gasteiger partial charge is 0.493 e. The van der Waals surface area contributed by atoms with E-state index in [0.717, 1.165) is 60.8 Å². The number of aromatic nitrogens is 3. The van der Waals surface area contributed by atoms with Gasteiger partial charge in [-0.3, -0.25) is 14.8 Å². The van der Waals surface area contributed by atoms with Crippen LogP contribution in [0.4, 0.5) is 16.3 Å². The quantitative estimate of drug-likeness (QED) is 0.223. The van der Waals surface area contributed by atoms with Crippen LogP contribution in [0.25, 0.3) is 0 Å². The first-order valence-corrected chi connectivity index (χ1v) is 15.5. The average Bonchev–Trinajstić information content (AvgIpc) is 3.06. The molecule has 0 aliphatic carbocycles. The van der Waals surface area contributed by atoms with E-state index in [2.05, 4.69) is 37.1 Å². The predicted molar refractivity (Wildman–Crippen MR) is 179 cm³/mol. The van der Waals surface area contributed by atoms with Crippen LogP contribution in [-0.4, -0.2) is 90.9 Å². The number of hydrogen-bond donors (Lipinski definition) is 1. The number of methoxy groups -OCH3 is 1. The normalized spacial score (nSPS) is 14.4. The van der Waals surface area contributed by atoms with Crippen LogP contribution in [0.3, 0.4) is 0 Å². The van der Waals surface area contributed by atoms with Crippen molar-refractivity contribution in [3.05, 3.63) is 95.7 Å². The lowest BCUT2D eigenvalue weighted by atomic mass is 10.1.